The van der Waals surface area contributed by atoms with Crippen LogP contribution in [0.2, 0.25) is 5.02 Å². The Morgan fingerprint density at radius 1 is 1.47 bits per heavy atom. The molecule has 1 aliphatic rings. The highest BCUT2D eigenvalue weighted by atomic mass is 35.5. The van der Waals surface area contributed by atoms with E-state index >= 15 is 0 Å². The van der Waals surface area contributed by atoms with Crippen molar-refractivity contribution in [2.24, 2.45) is 0 Å². The van der Waals surface area contributed by atoms with Gasteiger partial charge >= 0.3 is 0 Å². The number of halogens is 1. The van der Waals surface area contributed by atoms with E-state index in [1.54, 1.807) is 24.3 Å². The van der Waals surface area contributed by atoms with E-state index in [-0.39, 0.29) is 5.91 Å². The summed E-state index contributed by atoms with van der Waals surface area (Å²) in [6.45, 7) is 3.51. The van der Waals surface area contributed by atoms with E-state index in [1.807, 2.05) is 11.8 Å². The van der Waals surface area contributed by atoms with Crippen LogP contribution >= 0.6 is 11.6 Å². The number of anilines is 1. The number of hydrogen-bond donors (Lipinski definition) is 2. The molecule has 0 aromatic heterocycles. The van der Waals surface area contributed by atoms with Gasteiger partial charge in [-0.15, -0.1) is 0 Å². The van der Waals surface area contributed by atoms with E-state index in [4.69, 9.17) is 11.6 Å². The van der Waals surface area contributed by atoms with E-state index in [9.17, 15) is 9.90 Å². The van der Waals surface area contributed by atoms with E-state index in [0.29, 0.717) is 18.1 Å². The predicted molar refractivity (Wildman–Crippen MR) is 76.4 cm³/mol. The highest BCUT2D eigenvalue weighted by Crippen LogP contribution is 2.20. The molecular formula is C14H19ClN2O2. The first-order chi connectivity index (χ1) is 8.94. The number of rotatable bonds is 3. The molecule has 1 aromatic carbocycles. The van der Waals surface area contributed by atoms with E-state index in [1.165, 1.54) is 0 Å². The molecule has 1 amide bonds. The van der Waals surface area contributed by atoms with Gasteiger partial charge in [0.2, 0.25) is 5.91 Å². The maximum absolute atomic E-state index is 11.9. The number of carbonyl (C=O) groups is 1. The SMILES string of the molecule is CC1(O)CCCN(CC(=O)Nc2ccc(Cl)cc2)C1. The van der Waals surface area contributed by atoms with E-state index < -0.39 is 5.60 Å². The van der Waals surface area contributed by atoms with Gasteiger partial charge in [-0.3, -0.25) is 9.69 Å². The second kappa shape index (κ2) is 5.90. The van der Waals surface area contributed by atoms with Gasteiger partial charge in [0.05, 0.1) is 12.1 Å². The van der Waals surface area contributed by atoms with Crippen molar-refractivity contribution in [1.29, 1.82) is 0 Å². The van der Waals surface area contributed by atoms with Crippen molar-refractivity contribution in [2.45, 2.75) is 25.4 Å². The third kappa shape index (κ3) is 4.49. The minimum absolute atomic E-state index is 0.0694. The number of nitrogens with one attached hydrogen (secondary N) is 1. The van der Waals surface area contributed by atoms with Crippen molar-refractivity contribution >= 4 is 23.2 Å². The second-order valence-electron chi connectivity index (χ2n) is 5.37. The largest absolute Gasteiger partial charge is 0.389 e. The summed E-state index contributed by atoms with van der Waals surface area (Å²) >= 11 is 5.79. The summed E-state index contributed by atoms with van der Waals surface area (Å²) in [7, 11) is 0. The van der Waals surface area contributed by atoms with Crippen molar-refractivity contribution in [3.05, 3.63) is 29.3 Å². The van der Waals surface area contributed by atoms with Gasteiger partial charge < -0.3 is 10.4 Å². The molecular weight excluding hydrogens is 264 g/mol. The maximum Gasteiger partial charge on any atom is 0.238 e. The summed E-state index contributed by atoms with van der Waals surface area (Å²) in [4.78, 5) is 13.9. The predicted octanol–water partition coefficient (Wildman–Crippen LogP) is 2.13. The molecule has 1 atom stereocenters. The van der Waals surface area contributed by atoms with Gasteiger partial charge in [-0.25, -0.2) is 0 Å². The van der Waals surface area contributed by atoms with Gasteiger partial charge in [0.1, 0.15) is 0 Å². The third-order valence-corrected chi connectivity index (χ3v) is 3.50. The van der Waals surface area contributed by atoms with Crippen molar-refractivity contribution in [2.75, 3.05) is 25.0 Å². The lowest BCUT2D eigenvalue weighted by atomic mass is 9.95. The fraction of sp³-hybridized carbons (Fsp3) is 0.500. The number of β-amino-alcohol motifs (C(OH)–C–C–N with tert-alkyl or cyclic N) is 1. The molecule has 1 saturated heterocycles. The van der Waals surface area contributed by atoms with Crippen LogP contribution < -0.4 is 5.32 Å². The first-order valence-corrected chi connectivity index (χ1v) is 6.83. The number of hydrogen-bond acceptors (Lipinski definition) is 3. The smallest absolute Gasteiger partial charge is 0.238 e. The van der Waals surface area contributed by atoms with Crippen LogP contribution in [0.5, 0.6) is 0 Å². The number of nitrogens with zero attached hydrogens (tertiary/aromatic N) is 1. The standard InChI is InChI=1S/C14H19ClN2O2/c1-14(19)7-2-8-17(10-14)9-13(18)16-12-5-3-11(15)4-6-12/h3-6,19H,2,7-10H2,1H3,(H,16,18). The summed E-state index contributed by atoms with van der Waals surface area (Å²) in [5.41, 5.74) is 0.0527. The molecule has 1 fully saturated rings. The lowest BCUT2D eigenvalue weighted by molar-refractivity contribution is -0.118. The number of carbonyl (C=O) groups excluding carboxylic acids is 1. The quantitative estimate of drug-likeness (QED) is 0.893. The van der Waals surface area contributed by atoms with Gasteiger partial charge in [-0.1, -0.05) is 11.6 Å². The Morgan fingerprint density at radius 2 is 2.16 bits per heavy atom. The van der Waals surface area contributed by atoms with Crippen molar-refractivity contribution in [1.82, 2.24) is 4.90 Å². The lowest BCUT2D eigenvalue weighted by Gasteiger charge is -2.36. The summed E-state index contributed by atoms with van der Waals surface area (Å²) < 4.78 is 0. The number of aliphatic hydroxyl groups is 1. The molecule has 1 aliphatic heterocycles. The Hall–Kier alpha value is -1.10. The monoisotopic (exact) mass is 282 g/mol. The summed E-state index contributed by atoms with van der Waals surface area (Å²) in [5.74, 6) is -0.0694. The van der Waals surface area contributed by atoms with Crippen molar-refractivity contribution in [3.63, 3.8) is 0 Å². The van der Waals surface area contributed by atoms with Crippen LogP contribution in [0.1, 0.15) is 19.8 Å². The average molecular weight is 283 g/mol. The zero-order chi connectivity index (χ0) is 13.9. The van der Waals surface area contributed by atoms with Crippen LogP contribution in [0.3, 0.4) is 0 Å². The fourth-order valence-electron chi connectivity index (χ4n) is 2.40. The van der Waals surface area contributed by atoms with E-state index in [2.05, 4.69) is 5.32 Å². The molecule has 0 bridgehead atoms. The van der Waals surface area contributed by atoms with Crippen LogP contribution in [0.15, 0.2) is 24.3 Å². The van der Waals surface area contributed by atoms with Crippen LogP contribution in [-0.2, 0) is 4.79 Å². The summed E-state index contributed by atoms with van der Waals surface area (Å²) in [6.07, 6.45) is 1.71. The minimum atomic E-state index is -0.682. The van der Waals surface area contributed by atoms with Crippen molar-refractivity contribution < 1.29 is 9.90 Å². The molecule has 0 aliphatic carbocycles. The molecule has 1 heterocycles. The molecule has 2 N–H and O–H groups in total. The first-order valence-electron chi connectivity index (χ1n) is 6.45. The van der Waals surface area contributed by atoms with Gasteiger partial charge in [-0.2, -0.15) is 0 Å². The normalized spacial score (nSPS) is 24.2. The molecule has 5 heteroatoms. The van der Waals surface area contributed by atoms with Gasteiger partial charge in [0, 0.05) is 17.3 Å². The number of piperidine rings is 1. The molecule has 19 heavy (non-hydrogen) atoms. The zero-order valence-corrected chi connectivity index (χ0v) is 11.8. The molecule has 2 rings (SSSR count). The van der Waals surface area contributed by atoms with Crippen LogP contribution in [-0.4, -0.2) is 41.1 Å². The van der Waals surface area contributed by atoms with Crippen LogP contribution in [0.4, 0.5) is 5.69 Å². The molecule has 0 radical (unpaired) electrons. The molecule has 1 aromatic rings. The fourth-order valence-corrected chi connectivity index (χ4v) is 2.52. The molecule has 0 saturated carbocycles. The lowest BCUT2D eigenvalue weighted by Crippen LogP contribution is -2.48. The van der Waals surface area contributed by atoms with Gasteiger partial charge in [-0.05, 0) is 50.6 Å². The number of likely N-dealkylation sites (tertiary alicyclic amines) is 1. The Kier molecular flexibility index (Phi) is 4.45. The highest BCUT2D eigenvalue weighted by molar-refractivity contribution is 6.30. The third-order valence-electron chi connectivity index (χ3n) is 3.25. The van der Waals surface area contributed by atoms with Crippen LogP contribution in [0, 0.1) is 0 Å². The second-order valence-corrected chi connectivity index (χ2v) is 5.80. The Labute approximate surface area is 118 Å². The van der Waals surface area contributed by atoms with Crippen molar-refractivity contribution in [3.8, 4) is 0 Å². The summed E-state index contributed by atoms with van der Waals surface area (Å²) in [6, 6.07) is 7.02. The summed E-state index contributed by atoms with van der Waals surface area (Å²) in [5, 5.41) is 13.5. The van der Waals surface area contributed by atoms with Crippen LogP contribution in [0.25, 0.3) is 0 Å². The molecule has 0 spiro atoms. The Balaban J connectivity index is 1.85. The average Bonchev–Trinajstić information content (AvgIpc) is 2.30. The minimum Gasteiger partial charge on any atom is -0.389 e. The van der Waals surface area contributed by atoms with Gasteiger partial charge in [0.15, 0.2) is 0 Å². The first kappa shape index (κ1) is 14.3. The highest BCUT2D eigenvalue weighted by Gasteiger charge is 2.29. The van der Waals surface area contributed by atoms with Gasteiger partial charge in [0.25, 0.3) is 0 Å². The Morgan fingerprint density at radius 3 is 2.79 bits per heavy atom. The molecule has 4 nitrogen and oxygen atoms in total. The van der Waals surface area contributed by atoms with E-state index in [0.717, 1.165) is 25.1 Å². The molecule has 104 valence electrons. The maximum atomic E-state index is 11.9. The number of amides is 1. The topological polar surface area (TPSA) is 52.6 Å². The Bertz CT molecular complexity index is 445. The number of benzene rings is 1. The molecule has 1 unspecified atom stereocenters. The zero-order valence-electron chi connectivity index (χ0n) is 11.0.